The van der Waals surface area contributed by atoms with Crippen molar-refractivity contribution in [3.05, 3.63) is 64.4 Å². The van der Waals surface area contributed by atoms with Crippen LogP contribution in [0.3, 0.4) is 0 Å². The van der Waals surface area contributed by atoms with Crippen LogP contribution >= 0.6 is 11.6 Å². The number of anilines is 1. The molecule has 4 heteroatoms. The van der Waals surface area contributed by atoms with E-state index in [1.807, 2.05) is 24.1 Å². The van der Waals surface area contributed by atoms with E-state index in [2.05, 4.69) is 6.07 Å². The zero-order valence-corrected chi connectivity index (χ0v) is 11.2. The molecular weight excluding hydrogens is 263 g/mol. The summed E-state index contributed by atoms with van der Waals surface area (Å²) in [5.74, 6) is -0.345. The third-order valence-electron chi connectivity index (χ3n) is 2.84. The first kappa shape index (κ1) is 13.4. The van der Waals surface area contributed by atoms with Gasteiger partial charge in [-0.1, -0.05) is 23.7 Å². The molecule has 19 heavy (non-hydrogen) atoms. The molecule has 2 rings (SSSR count). The predicted octanol–water partition coefficient (Wildman–Crippen LogP) is 3.99. The number of nitriles is 1. The van der Waals surface area contributed by atoms with Gasteiger partial charge in [0.25, 0.3) is 0 Å². The summed E-state index contributed by atoms with van der Waals surface area (Å²) >= 11 is 6.00. The van der Waals surface area contributed by atoms with Gasteiger partial charge in [-0.2, -0.15) is 5.26 Å². The SMILES string of the molecule is CN(Cc1ccc(F)cc1Cl)c1cccc(C#N)c1. The van der Waals surface area contributed by atoms with E-state index in [4.69, 9.17) is 16.9 Å². The topological polar surface area (TPSA) is 27.0 Å². The second-order valence-corrected chi connectivity index (χ2v) is 4.66. The quantitative estimate of drug-likeness (QED) is 0.846. The van der Waals surface area contributed by atoms with Crippen LogP contribution in [0.2, 0.25) is 5.02 Å². The van der Waals surface area contributed by atoms with Crippen molar-refractivity contribution < 1.29 is 4.39 Å². The van der Waals surface area contributed by atoms with E-state index in [9.17, 15) is 4.39 Å². The lowest BCUT2D eigenvalue weighted by Crippen LogP contribution is -2.16. The molecule has 0 amide bonds. The van der Waals surface area contributed by atoms with Gasteiger partial charge in [0.15, 0.2) is 0 Å². The molecule has 0 unspecified atom stereocenters. The molecule has 0 aliphatic heterocycles. The Morgan fingerprint density at radius 3 is 2.74 bits per heavy atom. The number of hydrogen-bond acceptors (Lipinski definition) is 2. The minimum absolute atomic E-state index is 0.345. The zero-order chi connectivity index (χ0) is 13.8. The van der Waals surface area contributed by atoms with Crippen LogP contribution in [-0.4, -0.2) is 7.05 Å². The van der Waals surface area contributed by atoms with E-state index in [1.54, 1.807) is 18.2 Å². The lowest BCUT2D eigenvalue weighted by Gasteiger charge is -2.20. The summed E-state index contributed by atoms with van der Waals surface area (Å²) in [6.45, 7) is 0.550. The molecule has 0 aliphatic carbocycles. The van der Waals surface area contributed by atoms with Gasteiger partial charge < -0.3 is 4.90 Å². The van der Waals surface area contributed by atoms with Gasteiger partial charge in [0.05, 0.1) is 11.6 Å². The highest BCUT2D eigenvalue weighted by Gasteiger charge is 2.07. The predicted molar refractivity (Wildman–Crippen MR) is 74.7 cm³/mol. The molecule has 2 aromatic carbocycles. The van der Waals surface area contributed by atoms with Crippen molar-refractivity contribution >= 4 is 17.3 Å². The molecule has 2 aromatic rings. The third kappa shape index (κ3) is 3.24. The summed E-state index contributed by atoms with van der Waals surface area (Å²) in [7, 11) is 1.90. The van der Waals surface area contributed by atoms with Crippen molar-refractivity contribution in [2.45, 2.75) is 6.54 Å². The summed E-state index contributed by atoms with van der Waals surface area (Å²) < 4.78 is 13.0. The number of nitrogens with zero attached hydrogens (tertiary/aromatic N) is 2. The maximum atomic E-state index is 13.0. The summed E-state index contributed by atoms with van der Waals surface area (Å²) in [5.41, 5.74) is 2.36. The first-order valence-electron chi connectivity index (χ1n) is 5.75. The molecule has 0 heterocycles. The molecular formula is C15H12ClFN2. The van der Waals surface area contributed by atoms with Crippen LogP contribution in [0.1, 0.15) is 11.1 Å². The van der Waals surface area contributed by atoms with Crippen molar-refractivity contribution in [1.82, 2.24) is 0 Å². The fourth-order valence-corrected chi connectivity index (χ4v) is 2.04. The Kier molecular flexibility index (Phi) is 4.03. The molecule has 0 fully saturated rings. The van der Waals surface area contributed by atoms with Gasteiger partial charge in [0.2, 0.25) is 0 Å². The molecule has 0 saturated heterocycles. The maximum Gasteiger partial charge on any atom is 0.124 e. The normalized spacial score (nSPS) is 10.0. The molecule has 0 N–H and O–H groups in total. The van der Waals surface area contributed by atoms with Crippen LogP contribution in [0, 0.1) is 17.1 Å². The third-order valence-corrected chi connectivity index (χ3v) is 3.19. The molecule has 96 valence electrons. The van der Waals surface area contributed by atoms with E-state index in [0.29, 0.717) is 17.1 Å². The lowest BCUT2D eigenvalue weighted by atomic mass is 10.1. The standard InChI is InChI=1S/C15H12ClFN2/c1-19(14-4-2-3-11(7-14)9-18)10-12-5-6-13(17)8-15(12)16/h2-8H,10H2,1H3. The molecule has 0 spiro atoms. The van der Waals surface area contributed by atoms with E-state index in [0.717, 1.165) is 11.3 Å². The van der Waals surface area contributed by atoms with Gasteiger partial charge in [0.1, 0.15) is 5.82 Å². The first-order valence-corrected chi connectivity index (χ1v) is 6.13. The summed E-state index contributed by atoms with van der Waals surface area (Å²) in [6.07, 6.45) is 0. The fourth-order valence-electron chi connectivity index (χ4n) is 1.81. The van der Waals surface area contributed by atoms with Gasteiger partial charge in [-0.25, -0.2) is 4.39 Å². The smallest absolute Gasteiger partial charge is 0.124 e. The number of halogens is 2. The Bertz CT molecular complexity index is 634. The van der Waals surface area contributed by atoms with E-state index < -0.39 is 0 Å². The average Bonchev–Trinajstić information content (AvgIpc) is 2.42. The van der Waals surface area contributed by atoms with Crippen LogP contribution in [0.15, 0.2) is 42.5 Å². The molecule has 0 saturated carbocycles. The van der Waals surface area contributed by atoms with Crippen molar-refractivity contribution in [1.29, 1.82) is 5.26 Å². The minimum Gasteiger partial charge on any atom is -0.370 e. The summed E-state index contributed by atoms with van der Waals surface area (Å²) in [6, 6.07) is 13.8. The number of rotatable bonds is 3. The minimum atomic E-state index is -0.345. The van der Waals surface area contributed by atoms with Crippen LogP contribution in [0.4, 0.5) is 10.1 Å². The lowest BCUT2D eigenvalue weighted by molar-refractivity contribution is 0.627. The van der Waals surface area contributed by atoms with Crippen LogP contribution < -0.4 is 4.90 Å². The van der Waals surface area contributed by atoms with Crippen molar-refractivity contribution in [3.8, 4) is 6.07 Å². The Labute approximate surface area is 116 Å². The highest BCUT2D eigenvalue weighted by atomic mass is 35.5. The molecule has 0 radical (unpaired) electrons. The summed E-state index contributed by atoms with van der Waals surface area (Å²) in [5, 5.41) is 9.28. The van der Waals surface area contributed by atoms with Crippen LogP contribution in [0.25, 0.3) is 0 Å². The highest BCUT2D eigenvalue weighted by molar-refractivity contribution is 6.31. The van der Waals surface area contributed by atoms with Crippen LogP contribution in [-0.2, 0) is 6.54 Å². The maximum absolute atomic E-state index is 13.0. The van der Waals surface area contributed by atoms with Crippen molar-refractivity contribution in [3.63, 3.8) is 0 Å². The van der Waals surface area contributed by atoms with Gasteiger partial charge in [-0.3, -0.25) is 0 Å². The average molecular weight is 275 g/mol. The Morgan fingerprint density at radius 1 is 1.26 bits per heavy atom. The second-order valence-electron chi connectivity index (χ2n) is 4.25. The fraction of sp³-hybridized carbons (Fsp3) is 0.133. The molecule has 0 atom stereocenters. The van der Waals surface area contributed by atoms with E-state index >= 15 is 0 Å². The van der Waals surface area contributed by atoms with Gasteiger partial charge >= 0.3 is 0 Å². The molecule has 0 bridgehead atoms. The summed E-state index contributed by atoms with van der Waals surface area (Å²) in [4.78, 5) is 1.96. The van der Waals surface area contributed by atoms with Crippen molar-refractivity contribution in [2.75, 3.05) is 11.9 Å². The van der Waals surface area contributed by atoms with Gasteiger partial charge in [0, 0.05) is 24.3 Å². The van der Waals surface area contributed by atoms with Gasteiger partial charge in [-0.05, 0) is 35.9 Å². The zero-order valence-electron chi connectivity index (χ0n) is 10.4. The molecule has 2 nitrogen and oxygen atoms in total. The Morgan fingerprint density at radius 2 is 2.05 bits per heavy atom. The number of benzene rings is 2. The molecule has 0 aliphatic rings. The van der Waals surface area contributed by atoms with Gasteiger partial charge in [-0.15, -0.1) is 0 Å². The second kappa shape index (κ2) is 5.73. The monoisotopic (exact) mass is 274 g/mol. The highest BCUT2D eigenvalue weighted by Crippen LogP contribution is 2.22. The Balaban J connectivity index is 2.20. The first-order chi connectivity index (χ1) is 9.10. The largest absolute Gasteiger partial charge is 0.370 e. The van der Waals surface area contributed by atoms with Crippen molar-refractivity contribution in [2.24, 2.45) is 0 Å². The number of hydrogen-bond donors (Lipinski definition) is 0. The van der Waals surface area contributed by atoms with Crippen LogP contribution in [0.5, 0.6) is 0 Å². The van der Waals surface area contributed by atoms with E-state index in [1.165, 1.54) is 12.1 Å². The molecule has 0 aromatic heterocycles. The Hall–Kier alpha value is -2.05. The van der Waals surface area contributed by atoms with E-state index in [-0.39, 0.29) is 5.82 Å².